The van der Waals surface area contributed by atoms with Crippen molar-refractivity contribution in [2.24, 2.45) is 5.92 Å². The fourth-order valence-corrected chi connectivity index (χ4v) is 4.36. The summed E-state index contributed by atoms with van der Waals surface area (Å²) < 4.78 is 0. The van der Waals surface area contributed by atoms with E-state index in [0.29, 0.717) is 17.3 Å². The van der Waals surface area contributed by atoms with Crippen molar-refractivity contribution < 1.29 is 9.72 Å². The fraction of sp³-hybridized carbons (Fsp3) is 0.667. The smallest absolute Gasteiger partial charge is 0.293 e. The highest BCUT2D eigenvalue weighted by Crippen LogP contribution is 2.32. The van der Waals surface area contributed by atoms with Crippen LogP contribution in [-0.4, -0.2) is 54.0 Å². The SMILES string of the molecule is CC1CCC(N2CCN(c3ccc(C(=O)NC(C)C)cc3[N+](=O)[O-])CC2)CC1. The summed E-state index contributed by atoms with van der Waals surface area (Å²) in [6.45, 7) is 9.51. The predicted octanol–water partition coefficient (Wildman–Crippen LogP) is 3.43. The summed E-state index contributed by atoms with van der Waals surface area (Å²) in [6.07, 6.45) is 5.13. The zero-order valence-electron chi connectivity index (χ0n) is 17.2. The van der Waals surface area contributed by atoms with Gasteiger partial charge in [-0.25, -0.2) is 0 Å². The molecular formula is C21H32N4O3. The van der Waals surface area contributed by atoms with Crippen molar-refractivity contribution in [3.8, 4) is 0 Å². The van der Waals surface area contributed by atoms with E-state index in [9.17, 15) is 14.9 Å². The summed E-state index contributed by atoms with van der Waals surface area (Å²) >= 11 is 0. The number of carbonyl (C=O) groups is 1. The molecule has 2 aliphatic rings. The molecule has 1 aliphatic carbocycles. The minimum Gasteiger partial charge on any atom is -0.363 e. The summed E-state index contributed by atoms with van der Waals surface area (Å²) in [6, 6.07) is 5.47. The molecule has 1 amide bonds. The Hall–Kier alpha value is -2.15. The van der Waals surface area contributed by atoms with Crippen LogP contribution in [0.4, 0.5) is 11.4 Å². The van der Waals surface area contributed by atoms with E-state index >= 15 is 0 Å². The molecule has 0 spiro atoms. The van der Waals surface area contributed by atoms with E-state index in [-0.39, 0.29) is 22.6 Å². The molecule has 0 bridgehead atoms. The monoisotopic (exact) mass is 388 g/mol. The van der Waals surface area contributed by atoms with E-state index in [1.54, 1.807) is 12.1 Å². The number of benzene rings is 1. The van der Waals surface area contributed by atoms with Crippen molar-refractivity contribution in [3.63, 3.8) is 0 Å². The van der Waals surface area contributed by atoms with Crippen LogP contribution in [0, 0.1) is 16.0 Å². The largest absolute Gasteiger partial charge is 0.363 e. The van der Waals surface area contributed by atoms with Crippen LogP contribution in [0.3, 0.4) is 0 Å². The Morgan fingerprint density at radius 2 is 1.79 bits per heavy atom. The number of amides is 1. The van der Waals surface area contributed by atoms with E-state index in [1.165, 1.54) is 31.7 Å². The van der Waals surface area contributed by atoms with Gasteiger partial charge in [-0.3, -0.25) is 19.8 Å². The maximum atomic E-state index is 12.2. The van der Waals surface area contributed by atoms with E-state index in [4.69, 9.17) is 0 Å². The van der Waals surface area contributed by atoms with Gasteiger partial charge in [0.25, 0.3) is 11.6 Å². The van der Waals surface area contributed by atoms with Gasteiger partial charge in [0.05, 0.1) is 4.92 Å². The normalized spacial score (nSPS) is 23.6. The third kappa shape index (κ3) is 4.82. The third-order valence-corrected chi connectivity index (χ3v) is 6.01. The molecule has 1 saturated carbocycles. The Labute approximate surface area is 167 Å². The van der Waals surface area contributed by atoms with Gasteiger partial charge in [0.2, 0.25) is 0 Å². The molecule has 7 heteroatoms. The van der Waals surface area contributed by atoms with Crippen LogP contribution in [0.5, 0.6) is 0 Å². The highest BCUT2D eigenvalue weighted by molar-refractivity contribution is 5.96. The second-order valence-corrected chi connectivity index (χ2v) is 8.53. The van der Waals surface area contributed by atoms with E-state index in [2.05, 4.69) is 22.0 Å². The predicted molar refractivity (Wildman–Crippen MR) is 111 cm³/mol. The lowest BCUT2D eigenvalue weighted by Gasteiger charge is -2.42. The Bertz CT molecular complexity index is 706. The number of piperazine rings is 1. The van der Waals surface area contributed by atoms with Crippen molar-refractivity contribution in [1.82, 2.24) is 10.2 Å². The molecule has 0 aromatic heterocycles. The molecule has 28 heavy (non-hydrogen) atoms. The minimum atomic E-state index is -0.379. The van der Waals surface area contributed by atoms with Gasteiger partial charge < -0.3 is 10.2 Å². The van der Waals surface area contributed by atoms with Gasteiger partial charge in [0, 0.05) is 49.9 Å². The molecule has 0 unspecified atom stereocenters. The number of nitro benzene ring substituents is 1. The first kappa shape index (κ1) is 20.6. The van der Waals surface area contributed by atoms with Crippen molar-refractivity contribution >= 4 is 17.3 Å². The Balaban J connectivity index is 1.68. The van der Waals surface area contributed by atoms with E-state index < -0.39 is 0 Å². The Morgan fingerprint density at radius 3 is 2.36 bits per heavy atom. The highest BCUT2D eigenvalue weighted by Gasteiger charge is 2.29. The van der Waals surface area contributed by atoms with Crippen molar-refractivity contribution in [2.45, 2.75) is 58.5 Å². The molecule has 7 nitrogen and oxygen atoms in total. The average Bonchev–Trinajstić information content (AvgIpc) is 2.67. The zero-order chi connectivity index (χ0) is 20.3. The first-order valence-corrected chi connectivity index (χ1v) is 10.4. The molecule has 154 valence electrons. The summed E-state index contributed by atoms with van der Waals surface area (Å²) in [5, 5.41) is 14.4. The second kappa shape index (κ2) is 8.90. The van der Waals surface area contributed by atoms with Gasteiger partial charge in [-0.2, -0.15) is 0 Å². The number of anilines is 1. The molecule has 0 atom stereocenters. The Kier molecular flexibility index (Phi) is 6.54. The van der Waals surface area contributed by atoms with Crippen molar-refractivity contribution in [1.29, 1.82) is 0 Å². The molecule has 1 heterocycles. The van der Waals surface area contributed by atoms with Gasteiger partial charge in [-0.05, 0) is 57.6 Å². The highest BCUT2D eigenvalue weighted by atomic mass is 16.6. The molecule has 1 aromatic carbocycles. The fourth-order valence-electron chi connectivity index (χ4n) is 4.36. The number of nitrogens with one attached hydrogen (secondary N) is 1. The lowest BCUT2D eigenvalue weighted by atomic mass is 9.86. The van der Waals surface area contributed by atoms with Gasteiger partial charge in [0.1, 0.15) is 5.69 Å². The summed E-state index contributed by atoms with van der Waals surface area (Å²) in [7, 11) is 0. The van der Waals surface area contributed by atoms with Crippen molar-refractivity contribution in [2.75, 3.05) is 31.1 Å². The minimum absolute atomic E-state index is 0.0105. The number of hydrogen-bond acceptors (Lipinski definition) is 5. The average molecular weight is 389 g/mol. The molecular weight excluding hydrogens is 356 g/mol. The van der Waals surface area contributed by atoms with Gasteiger partial charge >= 0.3 is 0 Å². The first-order chi connectivity index (χ1) is 13.3. The number of nitrogens with zero attached hydrogens (tertiary/aromatic N) is 3. The molecule has 1 saturated heterocycles. The second-order valence-electron chi connectivity index (χ2n) is 8.53. The van der Waals surface area contributed by atoms with Crippen LogP contribution in [0.25, 0.3) is 0 Å². The van der Waals surface area contributed by atoms with Gasteiger partial charge in [-0.1, -0.05) is 6.92 Å². The van der Waals surface area contributed by atoms with E-state index in [0.717, 1.165) is 32.1 Å². The molecule has 1 N–H and O–H groups in total. The molecule has 2 fully saturated rings. The van der Waals surface area contributed by atoms with Crippen LogP contribution >= 0.6 is 0 Å². The van der Waals surface area contributed by atoms with E-state index in [1.807, 2.05) is 13.8 Å². The maximum absolute atomic E-state index is 12.2. The maximum Gasteiger partial charge on any atom is 0.293 e. The summed E-state index contributed by atoms with van der Waals surface area (Å²) in [4.78, 5) is 28.1. The number of rotatable bonds is 5. The topological polar surface area (TPSA) is 78.7 Å². The molecule has 1 aromatic rings. The first-order valence-electron chi connectivity index (χ1n) is 10.4. The lowest BCUT2D eigenvalue weighted by molar-refractivity contribution is -0.384. The van der Waals surface area contributed by atoms with Gasteiger partial charge in [-0.15, -0.1) is 0 Å². The summed E-state index contributed by atoms with van der Waals surface area (Å²) in [5.74, 6) is 0.563. The quantitative estimate of drug-likeness (QED) is 0.617. The van der Waals surface area contributed by atoms with Gasteiger partial charge in [0.15, 0.2) is 0 Å². The summed E-state index contributed by atoms with van der Waals surface area (Å²) in [5.41, 5.74) is 0.957. The third-order valence-electron chi connectivity index (χ3n) is 6.01. The van der Waals surface area contributed by atoms with Crippen LogP contribution < -0.4 is 10.2 Å². The molecule has 0 radical (unpaired) electrons. The number of hydrogen-bond donors (Lipinski definition) is 1. The van der Waals surface area contributed by atoms with Crippen LogP contribution in [0.1, 0.15) is 56.8 Å². The molecule has 3 rings (SSSR count). The van der Waals surface area contributed by atoms with Crippen LogP contribution in [0.2, 0.25) is 0 Å². The van der Waals surface area contributed by atoms with Crippen molar-refractivity contribution in [3.05, 3.63) is 33.9 Å². The molecule has 1 aliphatic heterocycles. The zero-order valence-corrected chi connectivity index (χ0v) is 17.2. The van der Waals surface area contributed by atoms with Crippen LogP contribution in [0.15, 0.2) is 18.2 Å². The number of nitro groups is 1. The standard InChI is InChI=1S/C21H32N4O3/c1-15(2)22-21(26)17-6-9-19(20(14-17)25(27)28)24-12-10-23(11-13-24)18-7-4-16(3)5-8-18/h6,9,14-16,18H,4-5,7-8,10-13H2,1-3H3,(H,22,26). The van der Waals surface area contributed by atoms with Crippen LogP contribution in [-0.2, 0) is 0 Å². The lowest BCUT2D eigenvalue weighted by Crippen LogP contribution is -2.51. The number of carbonyl (C=O) groups excluding carboxylic acids is 1. The Morgan fingerprint density at radius 1 is 1.14 bits per heavy atom.